The van der Waals surface area contributed by atoms with Crippen molar-refractivity contribution in [1.82, 2.24) is 5.32 Å². The van der Waals surface area contributed by atoms with E-state index >= 15 is 0 Å². The highest BCUT2D eigenvalue weighted by atomic mass is 31.2. The number of carboxylic acids is 1. The fourth-order valence-corrected chi connectivity index (χ4v) is 3.43. The number of rotatable bonds is 9. The summed E-state index contributed by atoms with van der Waals surface area (Å²) in [6.45, 7) is 4.65. The molecule has 0 aliphatic carbocycles. The summed E-state index contributed by atoms with van der Waals surface area (Å²) in [7, 11) is -3.98. The third-order valence-corrected chi connectivity index (χ3v) is 5.00. The van der Waals surface area contributed by atoms with Crippen LogP contribution in [-0.2, 0) is 23.2 Å². The molecule has 17 heavy (non-hydrogen) atoms. The van der Waals surface area contributed by atoms with Crippen molar-refractivity contribution in [1.29, 1.82) is 0 Å². The molecule has 2 N–H and O–H groups in total. The normalized spacial score (nSPS) is 15.0. The Balaban J connectivity index is 5.56. The van der Waals surface area contributed by atoms with E-state index in [1.165, 1.54) is 6.92 Å². The van der Waals surface area contributed by atoms with Crippen molar-refractivity contribution in [3.05, 3.63) is 0 Å². The van der Waals surface area contributed by atoms with Gasteiger partial charge in [0, 0.05) is 0 Å². The Morgan fingerprint density at radius 2 is 1.82 bits per heavy atom. The topological polar surface area (TPSA) is 102 Å². The summed E-state index contributed by atoms with van der Waals surface area (Å²) in [5, 5.41) is 9.21. The Morgan fingerprint density at radius 1 is 1.35 bits per heavy atom. The van der Waals surface area contributed by atoms with Crippen LogP contribution in [0.2, 0.25) is 0 Å². The summed E-state index contributed by atoms with van der Waals surface area (Å²) in [5.74, 6) is -1.45. The minimum atomic E-state index is -3.98. The number of carbonyl (C=O) groups is 2. The maximum atomic E-state index is 12.5. The van der Waals surface area contributed by atoms with Crippen molar-refractivity contribution in [2.75, 3.05) is 13.2 Å². The van der Waals surface area contributed by atoms with E-state index in [9.17, 15) is 19.3 Å². The van der Waals surface area contributed by atoms with Gasteiger partial charge in [0.1, 0.15) is 0 Å². The van der Waals surface area contributed by atoms with Crippen molar-refractivity contribution >= 4 is 20.0 Å². The Labute approximate surface area is 100 Å². The first-order valence-corrected chi connectivity index (χ1v) is 6.82. The molecule has 0 aromatic rings. The second-order valence-electron chi connectivity index (χ2n) is 3.11. The molecule has 1 atom stereocenters. The predicted octanol–water partition coefficient (Wildman–Crippen LogP) is 1.19. The molecular formula is C9H18NO6P. The van der Waals surface area contributed by atoms with Crippen LogP contribution in [0.25, 0.3) is 0 Å². The molecule has 0 spiro atoms. The van der Waals surface area contributed by atoms with Crippen LogP contribution in [0.15, 0.2) is 0 Å². The molecule has 0 aliphatic rings. The van der Waals surface area contributed by atoms with Crippen LogP contribution in [0.5, 0.6) is 0 Å². The van der Waals surface area contributed by atoms with Crippen LogP contribution in [0, 0.1) is 0 Å². The smallest absolute Gasteiger partial charge is 0.367 e. The fraction of sp³-hybridized carbons (Fsp3) is 0.778. The number of amides is 1. The van der Waals surface area contributed by atoms with E-state index in [1.54, 1.807) is 13.8 Å². The van der Waals surface area contributed by atoms with Gasteiger partial charge in [0.2, 0.25) is 11.7 Å². The van der Waals surface area contributed by atoms with E-state index in [0.717, 1.165) is 0 Å². The SMILES string of the molecule is CCOP(=O)(OCC)C(CC)(NC=O)C(=O)O. The van der Waals surface area contributed by atoms with Crippen molar-refractivity contribution in [2.24, 2.45) is 0 Å². The van der Waals surface area contributed by atoms with Crippen LogP contribution < -0.4 is 5.32 Å². The van der Waals surface area contributed by atoms with Crippen LogP contribution in [-0.4, -0.2) is 36.0 Å². The molecule has 0 aromatic heterocycles. The van der Waals surface area contributed by atoms with Gasteiger partial charge in [0.25, 0.3) is 0 Å². The number of nitrogens with one attached hydrogen (secondary N) is 1. The maximum absolute atomic E-state index is 12.5. The van der Waals surface area contributed by atoms with E-state index < -0.39 is 18.8 Å². The van der Waals surface area contributed by atoms with Crippen LogP contribution in [0.1, 0.15) is 27.2 Å². The molecule has 0 saturated carbocycles. The first kappa shape index (κ1) is 16.1. The highest BCUT2D eigenvalue weighted by Crippen LogP contribution is 2.60. The molecule has 0 saturated heterocycles. The predicted molar refractivity (Wildman–Crippen MR) is 60.7 cm³/mol. The van der Waals surface area contributed by atoms with Gasteiger partial charge < -0.3 is 19.5 Å². The molecule has 1 amide bonds. The van der Waals surface area contributed by atoms with Crippen molar-refractivity contribution < 1.29 is 28.3 Å². The average molecular weight is 267 g/mol. The van der Waals surface area contributed by atoms with Gasteiger partial charge in [-0.3, -0.25) is 9.36 Å². The third-order valence-electron chi connectivity index (χ3n) is 2.23. The monoisotopic (exact) mass is 267 g/mol. The molecule has 0 aliphatic heterocycles. The lowest BCUT2D eigenvalue weighted by Gasteiger charge is -2.33. The molecule has 7 nitrogen and oxygen atoms in total. The lowest BCUT2D eigenvalue weighted by molar-refractivity contribution is -0.143. The van der Waals surface area contributed by atoms with Crippen molar-refractivity contribution in [2.45, 2.75) is 32.5 Å². The summed E-state index contributed by atoms with van der Waals surface area (Å²) >= 11 is 0. The zero-order valence-electron chi connectivity index (χ0n) is 10.1. The molecule has 1 unspecified atom stereocenters. The third kappa shape index (κ3) is 3.06. The van der Waals surface area contributed by atoms with Gasteiger partial charge in [0.05, 0.1) is 13.2 Å². The second kappa shape index (κ2) is 6.74. The number of aliphatic carboxylic acids is 1. The van der Waals surface area contributed by atoms with E-state index in [-0.39, 0.29) is 26.0 Å². The first-order valence-electron chi connectivity index (χ1n) is 5.28. The summed E-state index contributed by atoms with van der Waals surface area (Å²) in [5.41, 5.74) is 0. The molecule has 0 fully saturated rings. The standard InChI is InChI=1S/C9H18NO6P/c1-4-9(8(12)13,10-7-11)17(14,15-5-2)16-6-3/h7H,4-6H2,1-3H3,(H,10,11)(H,12,13). The molecule has 0 bridgehead atoms. The van der Waals surface area contributed by atoms with E-state index in [1.807, 2.05) is 0 Å². The summed E-state index contributed by atoms with van der Waals surface area (Å²) in [6.07, 6.45) is 0.0701. The number of hydrogen-bond donors (Lipinski definition) is 2. The van der Waals surface area contributed by atoms with Crippen molar-refractivity contribution in [3.8, 4) is 0 Å². The molecule has 8 heteroatoms. The minimum absolute atomic E-state index is 0.0207. The number of carboxylic acid groups (broad SMARTS) is 1. The van der Waals surface area contributed by atoms with Gasteiger partial charge in [-0.2, -0.15) is 0 Å². The molecular weight excluding hydrogens is 249 g/mol. The van der Waals surface area contributed by atoms with Crippen LogP contribution in [0.3, 0.4) is 0 Å². The van der Waals surface area contributed by atoms with E-state index in [4.69, 9.17) is 9.05 Å². The van der Waals surface area contributed by atoms with Gasteiger partial charge in [-0.05, 0) is 20.3 Å². The van der Waals surface area contributed by atoms with Gasteiger partial charge in [-0.15, -0.1) is 0 Å². The molecule has 100 valence electrons. The lowest BCUT2D eigenvalue weighted by atomic mass is 10.2. The zero-order chi connectivity index (χ0) is 13.5. The van der Waals surface area contributed by atoms with Crippen LogP contribution >= 0.6 is 7.60 Å². The summed E-state index contributed by atoms with van der Waals surface area (Å²) in [4.78, 5) is 21.8. The van der Waals surface area contributed by atoms with Gasteiger partial charge in [0.15, 0.2) is 0 Å². The van der Waals surface area contributed by atoms with E-state index in [0.29, 0.717) is 0 Å². The Morgan fingerprint density at radius 3 is 2.06 bits per heavy atom. The minimum Gasteiger partial charge on any atom is -0.479 e. The Bertz CT molecular complexity index is 311. The summed E-state index contributed by atoms with van der Waals surface area (Å²) in [6, 6.07) is 0. The first-order chi connectivity index (χ1) is 7.94. The summed E-state index contributed by atoms with van der Waals surface area (Å²) < 4.78 is 22.4. The lowest BCUT2D eigenvalue weighted by Crippen LogP contribution is -2.51. The van der Waals surface area contributed by atoms with Gasteiger partial charge in [-0.25, -0.2) is 4.79 Å². The van der Waals surface area contributed by atoms with Crippen molar-refractivity contribution in [3.63, 3.8) is 0 Å². The highest BCUT2D eigenvalue weighted by molar-refractivity contribution is 7.56. The maximum Gasteiger partial charge on any atom is 0.367 e. The van der Waals surface area contributed by atoms with Gasteiger partial charge >= 0.3 is 13.6 Å². The van der Waals surface area contributed by atoms with Crippen LogP contribution in [0.4, 0.5) is 0 Å². The highest BCUT2D eigenvalue weighted by Gasteiger charge is 2.56. The largest absolute Gasteiger partial charge is 0.479 e. The van der Waals surface area contributed by atoms with E-state index in [2.05, 4.69) is 5.32 Å². The molecule has 0 heterocycles. The van der Waals surface area contributed by atoms with Gasteiger partial charge in [-0.1, -0.05) is 6.92 Å². The Hall–Kier alpha value is -0.910. The Kier molecular flexibility index (Phi) is 6.37. The molecule has 0 radical (unpaired) electrons. The average Bonchev–Trinajstić information content (AvgIpc) is 2.25. The number of hydrogen-bond acceptors (Lipinski definition) is 5. The second-order valence-corrected chi connectivity index (χ2v) is 5.39. The quantitative estimate of drug-likeness (QED) is 0.480. The zero-order valence-corrected chi connectivity index (χ0v) is 11.0. The molecule has 0 aromatic carbocycles. The fourth-order valence-electron chi connectivity index (χ4n) is 1.40. The molecule has 0 rings (SSSR count). The number of carbonyl (C=O) groups excluding carboxylic acids is 1.